The van der Waals surface area contributed by atoms with E-state index < -0.39 is 16.5 Å². The number of nitro groups is 1. The fourth-order valence-corrected chi connectivity index (χ4v) is 3.02. The summed E-state index contributed by atoms with van der Waals surface area (Å²) in [6, 6.07) is 11.9. The average Bonchev–Trinajstić information content (AvgIpc) is 2.69. The minimum absolute atomic E-state index is 0.0532. The van der Waals surface area contributed by atoms with Gasteiger partial charge in [-0.3, -0.25) is 25.8 Å². The van der Waals surface area contributed by atoms with Gasteiger partial charge in [0.1, 0.15) is 6.33 Å². The van der Waals surface area contributed by atoms with E-state index in [2.05, 4.69) is 42.1 Å². The van der Waals surface area contributed by atoms with Crippen molar-refractivity contribution >= 4 is 56.4 Å². The molecule has 0 spiro atoms. The minimum Gasteiger partial charge on any atom is -0.334 e. The summed E-state index contributed by atoms with van der Waals surface area (Å²) < 4.78 is 0.579. The van der Waals surface area contributed by atoms with Gasteiger partial charge in [0.05, 0.1) is 10.5 Å². The summed E-state index contributed by atoms with van der Waals surface area (Å²) >= 11 is 9.38. The summed E-state index contributed by atoms with van der Waals surface area (Å²) in [5.41, 5.74) is 6.19. The van der Waals surface area contributed by atoms with Crippen LogP contribution in [0.4, 0.5) is 23.0 Å². The highest BCUT2D eigenvalue weighted by molar-refractivity contribution is 9.10. The molecule has 0 radical (unpaired) electrons. The lowest BCUT2D eigenvalue weighted by Crippen LogP contribution is -2.30. The van der Waals surface area contributed by atoms with Crippen LogP contribution in [0.1, 0.15) is 15.9 Å². The maximum atomic E-state index is 12.3. The zero-order chi connectivity index (χ0) is 21.0. The van der Waals surface area contributed by atoms with Gasteiger partial charge in [-0.25, -0.2) is 9.97 Å². The van der Waals surface area contributed by atoms with E-state index in [0.29, 0.717) is 20.7 Å². The first-order valence-electron chi connectivity index (χ1n) is 8.20. The predicted molar refractivity (Wildman–Crippen MR) is 113 cm³/mol. The number of halogens is 2. The molecule has 29 heavy (non-hydrogen) atoms. The van der Waals surface area contributed by atoms with Gasteiger partial charge in [-0.15, -0.1) is 0 Å². The number of aryl methyl sites for hydroxylation is 1. The van der Waals surface area contributed by atoms with Gasteiger partial charge in [-0.05, 0) is 52.7 Å². The van der Waals surface area contributed by atoms with Crippen LogP contribution in [0.3, 0.4) is 0 Å². The lowest BCUT2D eigenvalue weighted by atomic mass is 10.2. The van der Waals surface area contributed by atoms with Crippen molar-refractivity contribution in [2.45, 2.75) is 6.92 Å². The number of nitrogens with zero attached hydrogens (tertiary/aromatic N) is 3. The van der Waals surface area contributed by atoms with Gasteiger partial charge in [0.2, 0.25) is 11.6 Å². The Kier molecular flexibility index (Phi) is 6.25. The number of anilines is 3. The van der Waals surface area contributed by atoms with Crippen molar-refractivity contribution in [1.29, 1.82) is 0 Å². The third-order valence-corrected chi connectivity index (χ3v) is 4.95. The minimum atomic E-state index is -0.648. The second-order valence-electron chi connectivity index (χ2n) is 5.82. The molecule has 0 saturated heterocycles. The topological polar surface area (TPSA) is 122 Å². The molecule has 0 fully saturated rings. The first-order valence-corrected chi connectivity index (χ1v) is 9.37. The standard InChI is InChI=1S/C18H14BrClN6O3/c1-10-6-7-11(8-14(10)20)23-16-15(26(28)29)17(22-9-21-16)24-25-18(27)12-4-2-3-5-13(12)19/h2-9H,1H3,(H,25,27)(H2,21,22,23,24). The number of amides is 1. The van der Waals surface area contributed by atoms with Crippen molar-refractivity contribution in [2.24, 2.45) is 0 Å². The third-order valence-electron chi connectivity index (χ3n) is 3.85. The molecule has 0 bridgehead atoms. The summed E-state index contributed by atoms with van der Waals surface area (Å²) in [5.74, 6) is -0.723. The van der Waals surface area contributed by atoms with Gasteiger partial charge in [-0.2, -0.15) is 0 Å². The Morgan fingerprint density at radius 2 is 1.90 bits per heavy atom. The highest BCUT2D eigenvalue weighted by atomic mass is 79.9. The Bertz CT molecular complexity index is 1090. The van der Waals surface area contributed by atoms with Crippen LogP contribution >= 0.6 is 27.5 Å². The van der Waals surface area contributed by atoms with E-state index in [-0.39, 0.29) is 11.6 Å². The first-order chi connectivity index (χ1) is 13.9. The number of carbonyl (C=O) groups excluding carboxylic acids is 1. The molecular weight excluding hydrogens is 464 g/mol. The van der Waals surface area contributed by atoms with Crippen LogP contribution in [-0.2, 0) is 0 Å². The molecule has 0 aliphatic heterocycles. The number of hydrogen-bond donors (Lipinski definition) is 3. The predicted octanol–water partition coefficient (Wildman–Crippen LogP) is 4.61. The van der Waals surface area contributed by atoms with E-state index in [9.17, 15) is 14.9 Å². The molecule has 0 aliphatic carbocycles. The van der Waals surface area contributed by atoms with Crippen LogP contribution in [0, 0.1) is 17.0 Å². The highest BCUT2D eigenvalue weighted by Gasteiger charge is 2.24. The molecule has 0 unspecified atom stereocenters. The van der Waals surface area contributed by atoms with Crippen LogP contribution in [0.2, 0.25) is 5.02 Å². The first kappa shape index (κ1) is 20.5. The zero-order valence-electron chi connectivity index (χ0n) is 14.9. The summed E-state index contributed by atoms with van der Waals surface area (Å²) in [4.78, 5) is 31.1. The van der Waals surface area contributed by atoms with Gasteiger partial charge >= 0.3 is 5.69 Å². The Hall–Kier alpha value is -3.24. The van der Waals surface area contributed by atoms with Crippen LogP contribution < -0.4 is 16.2 Å². The molecule has 3 N–H and O–H groups in total. The van der Waals surface area contributed by atoms with Crippen LogP contribution in [0.25, 0.3) is 0 Å². The van der Waals surface area contributed by atoms with Crippen molar-refractivity contribution < 1.29 is 9.72 Å². The lowest BCUT2D eigenvalue weighted by molar-refractivity contribution is -0.383. The van der Waals surface area contributed by atoms with Gasteiger partial charge < -0.3 is 5.32 Å². The molecule has 9 nitrogen and oxygen atoms in total. The molecule has 0 aliphatic rings. The number of hydrogen-bond acceptors (Lipinski definition) is 7. The quantitative estimate of drug-likeness (QED) is 0.350. The smallest absolute Gasteiger partial charge is 0.334 e. The normalized spacial score (nSPS) is 10.3. The Balaban J connectivity index is 1.85. The van der Waals surface area contributed by atoms with E-state index in [1.54, 1.807) is 42.5 Å². The molecule has 11 heteroatoms. The van der Waals surface area contributed by atoms with Crippen LogP contribution in [-0.4, -0.2) is 20.8 Å². The molecule has 2 aromatic carbocycles. The van der Waals surface area contributed by atoms with Crippen molar-refractivity contribution in [1.82, 2.24) is 15.4 Å². The van der Waals surface area contributed by atoms with Crippen molar-refractivity contribution in [3.8, 4) is 0 Å². The monoisotopic (exact) mass is 476 g/mol. The second kappa shape index (κ2) is 8.84. The van der Waals surface area contributed by atoms with Crippen molar-refractivity contribution in [2.75, 3.05) is 10.7 Å². The SMILES string of the molecule is Cc1ccc(Nc2ncnc(NNC(=O)c3ccccc3Br)c2[N+](=O)[O-])cc1Cl. The number of nitrogens with one attached hydrogen (secondary N) is 3. The van der Waals surface area contributed by atoms with E-state index in [4.69, 9.17) is 11.6 Å². The van der Waals surface area contributed by atoms with E-state index >= 15 is 0 Å². The summed E-state index contributed by atoms with van der Waals surface area (Å²) in [6.07, 6.45) is 1.14. The third kappa shape index (κ3) is 4.79. The number of rotatable bonds is 6. The summed E-state index contributed by atoms with van der Waals surface area (Å²) in [5, 5.41) is 15.0. The fourth-order valence-electron chi connectivity index (χ4n) is 2.37. The van der Waals surface area contributed by atoms with E-state index in [1.165, 1.54) is 0 Å². The molecule has 1 heterocycles. The fraction of sp³-hybridized carbons (Fsp3) is 0.0556. The van der Waals surface area contributed by atoms with Gasteiger partial charge in [-0.1, -0.05) is 29.8 Å². The van der Waals surface area contributed by atoms with Gasteiger partial charge in [0, 0.05) is 15.2 Å². The number of hydrazine groups is 1. The largest absolute Gasteiger partial charge is 0.355 e. The molecule has 1 amide bonds. The molecule has 148 valence electrons. The summed E-state index contributed by atoms with van der Waals surface area (Å²) in [7, 11) is 0. The van der Waals surface area contributed by atoms with Crippen LogP contribution in [0.5, 0.6) is 0 Å². The average molecular weight is 478 g/mol. The number of carbonyl (C=O) groups is 1. The van der Waals surface area contributed by atoms with E-state index in [1.807, 2.05) is 6.92 Å². The molecule has 3 aromatic rings. The highest BCUT2D eigenvalue weighted by Crippen LogP contribution is 2.32. The van der Waals surface area contributed by atoms with Crippen LogP contribution in [0.15, 0.2) is 53.3 Å². The zero-order valence-corrected chi connectivity index (χ0v) is 17.3. The Morgan fingerprint density at radius 3 is 2.59 bits per heavy atom. The maximum absolute atomic E-state index is 12.3. The van der Waals surface area contributed by atoms with Crippen molar-refractivity contribution in [3.63, 3.8) is 0 Å². The Morgan fingerprint density at radius 1 is 1.17 bits per heavy atom. The summed E-state index contributed by atoms with van der Waals surface area (Å²) in [6.45, 7) is 1.84. The molecule has 0 saturated carbocycles. The van der Waals surface area contributed by atoms with Gasteiger partial charge in [0.25, 0.3) is 5.91 Å². The second-order valence-corrected chi connectivity index (χ2v) is 7.09. The molecule has 0 atom stereocenters. The number of aromatic nitrogens is 2. The van der Waals surface area contributed by atoms with Gasteiger partial charge in [0.15, 0.2) is 0 Å². The molecule has 3 rings (SSSR count). The van der Waals surface area contributed by atoms with Crippen molar-refractivity contribution in [3.05, 3.63) is 79.5 Å². The Labute approximate surface area is 178 Å². The number of benzene rings is 2. The van der Waals surface area contributed by atoms with E-state index in [0.717, 1.165) is 11.9 Å². The maximum Gasteiger partial charge on any atom is 0.355 e. The molecular formula is C18H14BrClN6O3. The molecule has 1 aromatic heterocycles. The lowest BCUT2D eigenvalue weighted by Gasteiger charge is -2.12.